The molecule has 116 valence electrons. The summed E-state index contributed by atoms with van der Waals surface area (Å²) < 4.78 is 26.9. The topological polar surface area (TPSA) is 79.4 Å². The summed E-state index contributed by atoms with van der Waals surface area (Å²) in [6, 6.07) is 6.67. The predicted molar refractivity (Wildman–Crippen MR) is 85.7 cm³/mol. The maximum Gasteiger partial charge on any atom is 0.263 e. The van der Waals surface area contributed by atoms with Gasteiger partial charge in [-0.3, -0.25) is 4.72 Å². The fraction of sp³-hybridized carbons (Fsp3) is 0.286. The van der Waals surface area contributed by atoms with Crippen LogP contribution in [0.2, 0.25) is 0 Å². The Morgan fingerprint density at radius 1 is 1.32 bits per heavy atom. The van der Waals surface area contributed by atoms with Crippen molar-refractivity contribution >= 4 is 38.5 Å². The number of aromatic nitrogens is 1. The molecule has 0 saturated carbocycles. The van der Waals surface area contributed by atoms with E-state index < -0.39 is 10.0 Å². The maximum atomic E-state index is 12.2. The summed E-state index contributed by atoms with van der Waals surface area (Å²) in [6.45, 7) is 1.50. The number of thiazole rings is 1. The predicted octanol–water partition coefficient (Wildman–Crippen LogP) is 1.97. The van der Waals surface area contributed by atoms with E-state index in [1.807, 2.05) is 0 Å². The normalized spacial score (nSPS) is 18.4. The van der Waals surface area contributed by atoms with Gasteiger partial charge in [0.05, 0.1) is 4.90 Å². The van der Waals surface area contributed by atoms with E-state index in [2.05, 4.69) is 14.6 Å². The second-order valence-electron chi connectivity index (χ2n) is 5.07. The lowest BCUT2D eigenvalue weighted by Crippen LogP contribution is -2.20. The first-order valence-corrected chi connectivity index (χ1v) is 9.17. The molecule has 1 aliphatic rings. The molecule has 1 aromatic heterocycles. The van der Waals surface area contributed by atoms with Crippen molar-refractivity contribution in [1.82, 2.24) is 4.98 Å². The summed E-state index contributed by atoms with van der Waals surface area (Å²) in [4.78, 5) is 17.0. The second-order valence-corrected chi connectivity index (χ2v) is 7.64. The smallest absolute Gasteiger partial charge is 0.263 e. The number of rotatable bonds is 5. The zero-order chi connectivity index (χ0) is 15.6. The van der Waals surface area contributed by atoms with E-state index in [9.17, 15) is 13.2 Å². The third kappa shape index (κ3) is 3.12. The largest absolute Gasteiger partial charge is 0.371 e. The molecule has 1 aromatic carbocycles. The van der Waals surface area contributed by atoms with E-state index in [1.165, 1.54) is 11.3 Å². The Labute approximate surface area is 132 Å². The van der Waals surface area contributed by atoms with Crippen LogP contribution in [0.5, 0.6) is 0 Å². The maximum absolute atomic E-state index is 12.2. The van der Waals surface area contributed by atoms with E-state index in [1.54, 1.807) is 35.8 Å². The minimum atomic E-state index is -3.62. The second kappa shape index (κ2) is 6.05. The minimum Gasteiger partial charge on any atom is -0.371 e. The molecule has 2 aromatic rings. The fourth-order valence-corrected chi connectivity index (χ4v) is 4.21. The molecule has 8 heteroatoms. The number of carbonyl (C=O) groups excluding carboxylic acids is 1. The van der Waals surface area contributed by atoms with Crippen LogP contribution >= 0.6 is 11.3 Å². The number of benzene rings is 1. The monoisotopic (exact) mass is 337 g/mol. The van der Waals surface area contributed by atoms with Crippen molar-refractivity contribution in [2.75, 3.05) is 22.7 Å². The molecular weight excluding hydrogens is 322 g/mol. The van der Waals surface area contributed by atoms with Crippen molar-refractivity contribution in [3.8, 4) is 0 Å². The Kier molecular flexibility index (Phi) is 4.12. The fourth-order valence-electron chi connectivity index (χ4n) is 2.42. The van der Waals surface area contributed by atoms with Crippen LogP contribution in [0, 0.1) is 5.92 Å². The van der Waals surface area contributed by atoms with Gasteiger partial charge >= 0.3 is 0 Å². The van der Waals surface area contributed by atoms with Gasteiger partial charge in [-0.1, -0.05) is 0 Å². The number of hydrogen-bond acceptors (Lipinski definition) is 6. The van der Waals surface area contributed by atoms with Gasteiger partial charge in [0.1, 0.15) is 6.29 Å². The molecule has 6 nitrogen and oxygen atoms in total. The van der Waals surface area contributed by atoms with Crippen molar-refractivity contribution in [3.63, 3.8) is 0 Å². The molecule has 22 heavy (non-hydrogen) atoms. The van der Waals surface area contributed by atoms with Gasteiger partial charge in [0.15, 0.2) is 5.13 Å². The Hall–Kier alpha value is -1.93. The molecule has 3 rings (SSSR count). The molecule has 1 atom stereocenters. The first-order valence-electron chi connectivity index (χ1n) is 6.81. The van der Waals surface area contributed by atoms with E-state index in [-0.39, 0.29) is 10.8 Å². The quantitative estimate of drug-likeness (QED) is 0.844. The van der Waals surface area contributed by atoms with Crippen LogP contribution in [-0.4, -0.2) is 32.8 Å². The third-order valence-corrected chi connectivity index (χ3v) is 5.76. The lowest BCUT2D eigenvalue weighted by Gasteiger charge is -2.18. The number of anilines is 2. The zero-order valence-corrected chi connectivity index (χ0v) is 13.3. The van der Waals surface area contributed by atoms with Crippen LogP contribution < -0.4 is 9.62 Å². The van der Waals surface area contributed by atoms with Crippen molar-refractivity contribution < 1.29 is 13.2 Å². The molecule has 0 bridgehead atoms. The van der Waals surface area contributed by atoms with Crippen molar-refractivity contribution in [2.24, 2.45) is 5.92 Å². The highest BCUT2D eigenvalue weighted by Gasteiger charge is 2.22. The summed E-state index contributed by atoms with van der Waals surface area (Å²) in [6.07, 6.45) is 3.37. The molecule has 0 radical (unpaired) electrons. The van der Waals surface area contributed by atoms with Gasteiger partial charge in [0.2, 0.25) is 0 Å². The SMILES string of the molecule is O=CC1CCN(c2ccc(S(=O)(=O)Nc3nccs3)cc2)C1. The van der Waals surface area contributed by atoms with Crippen LogP contribution in [0.4, 0.5) is 10.8 Å². The van der Waals surface area contributed by atoms with Gasteiger partial charge in [-0.05, 0) is 30.7 Å². The first kappa shape index (κ1) is 15.0. The van der Waals surface area contributed by atoms with E-state index in [4.69, 9.17) is 0 Å². The van der Waals surface area contributed by atoms with Crippen LogP contribution in [0.25, 0.3) is 0 Å². The van der Waals surface area contributed by atoms with Crippen molar-refractivity contribution in [1.29, 1.82) is 0 Å². The van der Waals surface area contributed by atoms with Crippen LogP contribution in [0.1, 0.15) is 6.42 Å². The van der Waals surface area contributed by atoms with E-state index in [0.717, 1.165) is 24.9 Å². The molecule has 0 spiro atoms. The van der Waals surface area contributed by atoms with Gasteiger partial charge in [-0.2, -0.15) is 0 Å². The van der Waals surface area contributed by atoms with Gasteiger partial charge in [0, 0.05) is 36.3 Å². The van der Waals surface area contributed by atoms with Crippen LogP contribution in [0.3, 0.4) is 0 Å². The summed E-state index contributed by atoms with van der Waals surface area (Å²) in [5.41, 5.74) is 0.928. The standard InChI is InChI=1S/C14H15N3O3S2/c18-10-11-5-7-17(9-11)12-1-3-13(4-2-12)22(19,20)16-14-15-6-8-21-14/h1-4,6,8,10-11H,5,7,9H2,(H,15,16). The highest BCUT2D eigenvalue weighted by Crippen LogP contribution is 2.25. The number of nitrogens with one attached hydrogen (secondary N) is 1. The molecule has 1 unspecified atom stereocenters. The molecule has 1 fully saturated rings. The van der Waals surface area contributed by atoms with Crippen molar-refractivity contribution in [2.45, 2.75) is 11.3 Å². The minimum absolute atomic E-state index is 0.0648. The number of carbonyl (C=O) groups is 1. The molecule has 0 aliphatic carbocycles. The van der Waals surface area contributed by atoms with Gasteiger partial charge < -0.3 is 9.69 Å². The molecule has 1 saturated heterocycles. The van der Waals surface area contributed by atoms with Crippen molar-refractivity contribution in [3.05, 3.63) is 35.8 Å². The Bertz CT molecular complexity index is 742. The van der Waals surface area contributed by atoms with E-state index >= 15 is 0 Å². The molecule has 2 heterocycles. The van der Waals surface area contributed by atoms with Gasteiger partial charge in [-0.15, -0.1) is 11.3 Å². The van der Waals surface area contributed by atoms with Gasteiger partial charge in [-0.25, -0.2) is 13.4 Å². The molecule has 1 aliphatic heterocycles. The first-order chi connectivity index (χ1) is 10.6. The van der Waals surface area contributed by atoms with Gasteiger partial charge in [0.25, 0.3) is 10.0 Å². The molecular formula is C14H15N3O3S2. The molecule has 0 amide bonds. The lowest BCUT2D eigenvalue weighted by molar-refractivity contribution is -0.110. The highest BCUT2D eigenvalue weighted by molar-refractivity contribution is 7.93. The Morgan fingerprint density at radius 3 is 2.68 bits per heavy atom. The summed E-state index contributed by atoms with van der Waals surface area (Å²) in [5.74, 6) is 0.0648. The number of nitrogens with zero attached hydrogens (tertiary/aromatic N) is 2. The number of hydrogen-bond donors (Lipinski definition) is 1. The average molecular weight is 337 g/mol. The average Bonchev–Trinajstić information content (AvgIpc) is 3.18. The van der Waals surface area contributed by atoms with Crippen LogP contribution in [-0.2, 0) is 14.8 Å². The molecule has 1 N–H and O–H groups in total. The zero-order valence-electron chi connectivity index (χ0n) is 11.7. The third-order valence-electron chi connectivity index (χ3n) is 3.58. The highest BCUT2D eigenvalue weighted by atomic mass is 32.2. The summed E-state index contributed by atoms with van der Waals surface area (Å²) >= 11 is 1.23. The van der Waals surface area contributed by atoms with E-state index in [0.29, 0.717) is 11.7 Å². The van der Waals surface area contributed by atoms with Crippen LogP contribution in [0.15, 0.2) is 40.7 Å². The summed E-state index contributed by atoms with van der Waals surface area (Å²) in [5, 5.41) is 2.05. The number of aldehydes is 1. The summed E-state index contributed by atoms with van der Waals surface area (Å²) in [7, 11) is -3.62. The Morgan fingerprint density at radius 2 is 2.09 bits per heavy atom. The Balaban J connectivity index is 1.75. The lowest BCUT2D eigenvalue weighted by atomic mass is 10.1. The number of sulfonamides is 1.